The second-order valence-electron chi connectivity index (χ2n) is 4.75. The van der Waals surface area contributed by atoms with Crippen LogP contribution in [0.3, 0.4) is 0 Å². The summed E-state index contributed by atoms with van der Waals surface area (Å²) in [5, 5.41) is 5.82. The van der Waals surface area contributed by atoms with E-state index in [0.717, 1.165) is 12.8 Å². The normalized spacial score (nSPS) is 23.6. The standard InChI is InChI=1S/C12H19N3O3/c1-2-15-10(16)7-9(12(15)18)13-5-6-14-11(17)8-3-4-8/h8-9,13H,2-7H2,1H3,(H,14,17). The van der Waals surface area contributed by atoms with Crippen LogP contribution in [0.2, 0.25) is 0 Å². The van der Waals surface area contributed by atoms with Gasteiger partial charge in [0.15, 0.2) is 0 Å². The highest BCUT2D eigenvalue weighted by Gasteiger charge is 2.37. The van der Waals surface area contributed by atoms with Crippen LogP contribution in [0.15, 0.2) is 0 Å². The number of likely N-dealkylation sites (N-methyl/N-ethyl adjacent to an activating group) is 1. The van der Waals surface area contributed by atoms with Gasteiger partial charge in [-0.25, -0.2) is 0 Å². The Balaban J connectivity index is 1.66. The molecule has 1 saturated heterocycles. The second-order valence-corrected chi connectivity index (χ2v) is 4.75. The van der Waals surface area contributed by atoms with Crippen molar-refractivity contribution in [2.45, 2.75) is 32.2 Å². The first-order chi connectivity index (χ1) is 8.63. The fourth-order valence-corrected chi connectivity index (χ4v) is 2.10. The summed E-state index contributed by atoms with van der Waals surface area (Å²) < 4.78 is 0. The van der Waals surface area contributed by atoms with E-state index < -0.39 is 6.04 Å². The minimum absolute atomic E-state index is 0.0980. The van der Waals surface area contributed by atoms with Crippen molar-refractivity contribution in [3.05, 3.63) is 0 Å². The number of amides is 3. The molecular weight excluding hydrogens is 234 g/mol. The largest absolute Gasteiger partial charge is 0.355 e. The van der Waals surface area contributed by atoms with Gasteiger partial charge in [0, 0.05) is 25.6 Å². The number of carbonyl (C=O) groups excluding carboxylic acids is 3. The fraction of sp³-hybridized carbons (Fsp3) is 0.750. The van der Waals surface area contributed by atoms with E-state index in [9.17, 15) is 14.4 Å². The van der Waals surface area contributed by atoms with Crippen LogP contribution in [0.5, 0.6) is 0 Å². The van der Waals surface area contributed by atoms with E-state index >= 15 is 0 Å². The van der Waals surface area contributed by atoms with E-state index in [2.05, 4.69) is 10.6 Å². The molecule has 2 fully saturated rings. The summed E-state index contributed by atoms with van der Waals surface area (Å²) in [5.41, 5.74) is 0. The molecule has 6 nitrogen and oxygen atoms in total. The van der Waals surface area contributed by atoms with Crippen molar-refractivity contribution in [2.24, 2.45) is 5.92 Å². The van der Waals surface area contributed by atoms with Gasteiger partial charge in [0.1, 0.15) is 0 Å². The van der Waals surface area contributed by atoms with Gasteiger partial charge < -0.3 is 10.6 Å². The fourth-order valence-electron chi connectivity index (χ4n) is 2.10. The van der Waals surface area contributed by atoms with Gasteiger partial charge in [-0.05, 0) is 19.8 Å². The van der Waals surface area contributed by atoms with Crippen LogP contribution < -0.4 is 10.6 Å². The zero-order chi connectivity index (χ0) is 13.1. The molecule has 1 unspecified atom stereocenters. The van der Waals surface area contributed by atoms with Crippen molar-refractivity contribution >= 4 is 17.7 Å². The quantitative estimate of drug-likeness (QED) is 0.482. The van der Waals surface area contributed by atoms with Gasteiger partial charge in [0.05, 0.1) is 12.5 Å². The first-order valence-corrected chi connectivity index (χ1v) is 6.48. The lowest BCUT2D eigenvalue weighted by Crippen LogP contribution is -2.42. The lowest BCUT2D eigenvalue weighted by Gasteiger charge is -2.13. The molecule has 2 aliphatic rings. The summed E-state index contributed by atoms with van der Waals surface area (Å²) in [5.74, 6) is 0.0223. The Hall–Kier alpha value is -1.43. The molecule has 1 aliphatic heterocycles. The molecule has 1 saturated carbocycles. The van der Waals surface area contributed by atoms with Gasteiger partial charge in [0.2, 0.25) is 17.7 Å². The minimum atomic E-state index is -0.421. The Labute approximate surface area is 106 Å². The Bertz CT molecular complexity index is 366. The molecule has 6 heteroatoms. The number of hydrogen-bond acceptors (Lipinski definition) is 4. The highest BCUT2D eigenvalue weighted by molar-refractivity contribution is 6.05. The number of imide groups is 1. The van der Waals surface area contributed by atoms with Gasteiger partial charge in [0.25, 0.3) is 0 Å². The summed E-state index contributed by atoms with van der Waals surface area (Å²) >= 11 is 0. The van der Waals surface area contributed by atoms with Crippen LogP contribution in [-0.4, -0.2) is 48.3 Å². The Kier molecular flexibility index (Phi) is 3.96. The third-order valence-electron chi connectivity index (χ3n) is 3.32. The molecule has 1 atom stereocenters. The van der Waals surface area contributed by atoms with Crippen molar-refractivity contribution < 1.29 is 14.4 Å². The van der Waals surface area contributed by atoms with E-state index in [1.54, 1.807) is 6.92 Å². The number of nitrogens with one attached hydrogen (secondary N) is 2. The SMILES string of the molecule is CCN1C(=O)CC(NCCNC(=O)C2CC2)C1=O. The number of rotatable bonds is 6. The third kappa shape index (κ3) is 2.87. The summed E-state index contributed by atoms with van der Waals surface area (Å²) in [6.45, 7) is 3.22. The average molecular weight is 253 g/mol. The molecule has 0 spiro atoms. The summed E-state index contributed by atoms with van der Waals surface area (Å²) in [6.07, 6.45) is 2.20. The molecule has 3 amide bonds. The molecule has 0 aromatic carbocycles. The number of likely N-dealkylation sites (tertiary alicyclic amines) is 1. The maximum absolute atomic E-state index is 11.7. The van der Waals surface area contributed by atoms with Crippen molar-refractivity contribution in [2.75, 3.05) is 19.6 Å². The molecule has 0 radical (unpaired) electrons. The van der Waals surface area contributed by atoms with Crippen molar-refractivity contribution in [3.63, 3.8) is 0 Å². The van der Waals surface area contributed by atoms with Crippen LogP contribution in [0.4, 0.5) is 0 Å². The molecule has 1 heterocycles. The first-order valence-electron chi connectivity index (χ1n) is 6.48. The highest BCUT2D eigenvalue weighted by atomic mass is 16.2. The maximum Gasteiger partial charge on any atom is 0.246 e. The van der Waals surface area contributed by atoms with Crippen LogP contribution >= 0.6 is 0 Å². The van der Waals surface area contributed by atoms with Gasteiger partial charge in [-0.15, -0.1) is 0 Å². The number of hydrogen-bond donors (Lipinski definition) is 2. The highest BCUT2D eigenvalue weighted by Crippen LogP contribution is 2.28. The minimum Gasteiger partial charge on any atom is -0.355 e. The van der Waals surface area contributed by atoms with Crippen LogP contribution in [0.25, 0.3) is 0 Å². The zero-order valence-corrected chi connectivity index (χ0v) is 10.6. The van der Waals surface area contributed by atoms with Gasteiger partial charge in [-0.1, -0.05) is 0 Å². The third-order valence-corrected chi connectivity index (χ3v) is 3.32. The average Bonchev–Trinajstić information content (AvgIpc) is 3.13. The number of carbonyl (C=O) groups is 3. The lowest BCUT2D eigenvalue weighted by atomic mass is 10.2. The van der Waals surface area contributed by atoms with Gasteiger partial charge in [-0.2, -0.15) is 0 Å². The van der Waals surface area contributed by atoms with E-state index in [-0.39, 0.29) is 30.1 Å². The Morgan fingerprint density at radius 3 is 2.61 bits per heavy atom. The topological polar surface area (TPSA) is 78.5 Å². The first kappa shape index (κ1) is 13.0. The summed E-state index contributed by atoms with van der Waals surface area (Å²) in [4.78, 5) is 35.8. The molecule has 100 valence electrons. The zero-order valence-electron chi connectivity index (χ0n) is 10.6. The van der Waals surface area contributed by atoms with Crippen LogP contribution in [0, 0.1) is 5.92 Å². The molecule has 2 rings (SSSR count). The van der Waals surface area contributed by atoms with E-state index in [0.29, 0.717) is 19.6 Å². The van der Waals surface area contributed by atoms with Gasteiger partial charge >= 0.3 is 0 Å². The van der Waals surface area contributed by atoms with Crippen molar-refractivity contribution in [1.29, 1.82) is 0 Å². The van der Waals surface area contributed by atoms with E-state index in [1.165, 1.54) is 4.90 Å². The number of nitrogens with zero attached hydrogens (tertiary/aromatic N) is 1. The molecule has 0 aromatic rings. The monoisotopic (exact) mass is 253 g/mol. The summed E-state index contributed by atoms with van der Waals surface area (Å²) in [6, 6.07) is -0.421. The molecule has 2 N–H and O–H groups in total. The van der Waals surface area contributed by atoms with Crippen molar-refractivity contribution in [1.82, 2.24) is 15.5 Å². The summed E-state index contributed by atoms with van der Waals surface area (Å²) in [7, 11) is 0. The molecule has 0 bridgehead atoms. The van der Waals surface area contributed by atoms with E-state index in [1.807, 2.05) is 0 Å². The molecule has 0 aromatic heterocycles. The lowest BCUT2D eigenvalue weighted by molar-refractivity contribution is -0.138. The predicted octanol–water partition coefficient (Wildman–Crippen LogP) is -0.750. The Morgan fingerprint density at radius 1 is 1.33 bits per heavy atom. The molecular formula is C12H19N3O3. The Morgan fingerprint density at radius 2 is 2.06 bits per heavy atom. The van der Waals surface area contributed by atoms with Crippen LogP contribution in [-0.2, 0) is 14.4 Å². The van der Waals surface area contributed by atoms with Crippen LogP contribution in [0.1, 0.15) is 26.2 Å². The second kappa shape index (κ2) is 5.48. The molecule has 18 heavy (non-hydrogen) atoms. The smallest absolute Gasteiger partial charge is 0.246 e. The molecule has 1 aliphatic carbocycles. The van der Waals surface area contributed by atoms with E-state index in [4.69, 9.17) is 0 Å². The maximum atomic E-state index is 11.7. The predicted molar refractivity (Wildman–Crippen MR) is 64.5 cm³/mol. The van der Waals surface area contributed by atoms with Crippen molar-refractivity contribution in [3.8, 4) is 0 Å². The van der Waals surface area contributed by atoms with Gasteiger partial charge in [-0.3, -0.25) is 19.3 Å².